The largest absolute Gasteiger partial charge is 0.481 e. The third-order valence-electron chi connectivity index (χ3n) is 4.44. The second-order valence-electron chi connectivity index (χ2n) is 6.53. The summed E-state index contributed by atoms with van der Waals surface area (Å²) in [5.41, 5.74) is 0.855. The molecule has 24 heavy (non-hydrogen) atoms. The van der Waals surface area contributed by atoms with E-state index in [-0.39, 0.29) is 36.2 Å². The van der Waals surface area contributed by atoms with Crippen LogP contribution in [-0.2, 0) is 20.7 Å². The summed E-state index contributed by atoms with van der Waals surface area (Å²) in [4.78, 5) is 25.2. The van der Waals surface area contributed by atoms with Crippen LogP contribution in [0.4, 0.5) is 4.39 Å². The summed E-state index contributed by atoms with van der Waals surface area (Å²) in [7, 11) is 1.57. The van der Waals surface area contributed by atoms with Crippen molar-refractivity contribution in [1.82, 2.24) is 4.90 Å². The van der Waals surface area contributed by atoms with E-state index in [2.05, 4.69) is 0 Å². The third kappa shape index (κ3) is 5.03. The van der Waals surface area contributed by atoms with Gasteiger partial charge in [-0.15, -0.1) is 0 Å². The Balaban J connectivity index is 1.95. The van der Waals surface area contributed by atoms with Crippen molar-refractivity contribution < 1.29 is 23.8 Å². The number of benzene rings is 1. The highest BCUT2D eigenvalue weighted by atomic mass is 19.1. The topological polar surface area (TPSA) is 66.8 Å². The maximum Gasteiger partial charge on any atom is 0.305 e. The molecule has 1 aromatic carbocycles. The molecular weight excluding hydrogens is 313 g/mol. The number of carboxylic acids is 1. The van der Waals surface area contributed by atoms with E-state index in [1.807, 2.05) is 13.0 Å². The number of aliphatic carboxylic acids is 1. The number of nitrogens with zero attached hydrogens (tertiary/aromatic N) is 1. The van der Waals surface area contributed by atoms with Gasteiger partial charge in [-0.2, -0.15) is 0 Å². The number of ether oxygens (including phenoxy) is 1. The Morgan fingerprint density at radius 3 is 2.83 bits per heavy atom. The van der Waals surface area contributed by atoms with Crippen molar-refractivity contribution in [2.24, 2.45) is 5.92 Å². The second kappa shape index (κ2) is 8.24. The first kappa shape index (κ1) is 18.4. The molecule has 0 radical (unpaired) electrons. The van der Waals surface area contributed by atoms with Crippen LogP contribution in [0.25, 0.3) is 0 Å². The molecule has 6 heteroatoms. The lowest BCUT2D eigenvalue weighted by atomic mass is 9.97. The lowest BCUT2D eigenvalue weighted by Gasteiger charge is -2.25. The van der Waals surface area contributed by atoms with Gasteiger partial charge in [0, 0.05) is 26.1 Å². The van der Waals surface area contributed by atoms with Gasteiger partial charge in [0.1, 0.15) is 5.82 Å². The molecule has 1 aliphatic heterocycles. The van der Waals surface area contributed by atoms with Crippen molar-refractivity contribution >= 4 is 11.9 Å². The molecule has 1 amide bonds. The maximum atomic E-state index is 13.2. The Kier molecular flexibility index (Phi) is 6.31. The standard InChI is InChI=1S/C18H24FNO4/c1-12(6-13-4-3-5-14(19)8-13)7-17(21)20-11-16(24-2)9-15(20)10-18(22)23/h3-5,8,12,15-16H,6-7,9-11H2,1-2H3,(H,22,23). The van der Waals surface area contributed by atoms with Gasteiger partial charge in [-0.3, -0.25) is 9.59 Å². The van der Waals surface area contributed by atoms with Gasteiger partial charge >= 0.3 is 5.97 Å². The van der Waals surface area contributed by atoms with Crippen LogP contribution in [0, 0.1) is 11.7 Å². The molecule has 0 aliphatic carbocycles. The highest BCUT2D eigenvalue weighted by Crippen LogP contribution is 2.25. The number of hydrogen-bond donors (Lipinski definition) is 1. The molecule has 1 N–H and O–H groups in total. The van der Waals surface area contributed by atoms with Crippen LogP contribution >= 0.6 is 0 Å². The minimum Gasteiger partial charge on any atom is -0.481 e. The zero-order valence-electron chi connectivity index (χ0n) is 14.1. The van der Waals surface area contributed by atoms with Gasteiger partial charge < -0.3 is 14.7 Å². The monoisotopic (exact) mass is 337 g/mol. The molecule has 1 saturated heterocycles. The molecule has 1 heterocycles. The van der Waals surface area contributed by atoms with Crippen LogP contribution in [0.5, 0.6) is 0 Å². The van der Waals surface area contributed by atoms with E-state index in [9.17, 15) is 14.0 Å². The van der Waals surface area contributed by atoms with Gasteiger partial charge in [0.2, 0.25) is 5.91 Å². The Morgan fingerprint density at radius 2 is 2.21 bits per heavy atom. The maximum absolute atomic E-state index is 13.2. The Hall–Kier alpha value is -1.95. The molecule has 5 nitrogen and oxygen atoms in total. The van der Waals surface area contributed by atoms with Crippen molar-refractivity contribution in [1.29, 1.82) is 0 Å². The summed E-state index contributed by atoms with van der Waals surface area (Å²) in [5, 5.41) is 9.02. The molecule has 1 fully saturated rings. The molecule has 0 bridgehead atoms. The molecule has 132 valence electrons. The van der Waals surface area contributed by atoms with Crippen LogP contribution < -0.4 is 0 Å². The normalized spacial score (nSPS) is 21.7. The summed E-state index contributed by atoms with van der Waals surface area (Å²) in [6.07, 6.45) is 1.28. The Bertz CT molecular complexity index is 592. The summed E-state index contributed by atoms with van der Waals surface area (Å²) >= 11 is 0. The lowest BCUT2D eigenvalue weighted by molar-refractivity contribution is -0.140. The minimum atomic E-state index is -0.914. The molecule has 1 aliphatic rings. The average Bonchev–Trinajstić information content (AvgIpc) is 2.89. The fourth-order valence-electron chi connectivity index (χ4n) is 3.30. The number of halogens is 1. The van der Waals surface area contributed by atoms with Gasteiger partial charge in [0.05, 0.1) is 12.5 Å². The number of methoxy groups -OCH3 is 1. The number of rotatable bonds is 7. The second-order valence-corrected chi connectivity index (χ2v) is 6.53. The van der Waals surface area contributed by atoms with Crippen molar-refractivity contribution in [3.8, 4) is 0 Å². The van der Waals surface area contributed by atoms with E-state index in [1.165, 1.54) is 12.1 Å². The van der Waals surface area contributed by atoms with Crippen LogP contribution in [0.3, 0.4) is 0 Å². The number of carbonyl (C=O) groups is 2. The number of carbonyl (C=O) groups excluding carboxylic acids is 1. The van der Waals surface area contributed by atoms with E-state index < -0.39 is 5.97 Å². The van der Waals surface area contributed by atoms with E-state index in [0.29, 0.717) is 25.8 Å². The molecule has 3 atom stereocenters. The highest BCUT2D eigenvalue weighted by molar-refractivity contribution is 5.78. The Morgan fingerprint density at radius 1 is 1.46 bits per heavy atom. The smallest absolute Gasteiger partial charge is 0.305 e. The number of hydrogen-bond acceptors (Lipinski definition) is 3. The average molecular weight is 337 g/mol. The van der Waals surface area contributed by atoms with E-state index in [1.54, 1.807) is 18.1 Å². The van der Waals surface area contributed by atoms with E-state index in [0.717, 1.165) is 5.56 Å². The predicted octanol–water partition coefficient (Wildman–Crippen LogP) is 2.49. The fourth-order valence-corrected chi connectivity index (χ4v) is 3.30. The SMILES string of the molecule is COC1CC(CC(=O)O)N(C(=O)CC(C)Cc2cccc(F)c2)C1. The molecule has 0 saturated carbocycles. The molecule has 3 unspecified atom stereocenters. The van der Waals surface area contributed by atoms with Gasteiger partial charge in [-0.05, 0) is 36.5 Å². The molecule has 0 spiro atoms. The first-order chi connectivity index (χ1) is 11.4. The Labute approximate surface area is 141 Å². The fraction of sp³-hybridized carbons (Fsp3) is 0.556. The third-order valence-corrected chi connectivity index (χ3v) is 4.44. The summed E-state index contributed by atoms with van der Waals surface area (Å²) in [5.74, 6) is -1.21. The number of carboxylic acid groups (broad SMARTS) is 1. The van der Waals surface area contributed by atoms with Crippen LogP contribution in [0.2, 0.25) is 0 Å². The first-order valence-electron chi connectivity index (χ1n) is 8.17. The van der Waals surface area contributed by atoms with Crippen LogP contribution in [0.15, 0.2) is 24.3 Å². The van der Waals surface area contributed by atoms with Gasteiger partial charge in [0.15, 0.2) is 0 Å². The van der Waals surface area contributed by atoms with E-state index in [4.69, 9.17) is 9.84 Å². The van der Waals surface area contributed by atoms with Crippen molar-refractivity contribution in [2.45, 2.75) is 44.8 Å². The summed E-state index contributed by atoms with van der Waals surface area (Å²) in [6, 6.07) is 6.05. The highest BCUT2D eigenvalue weighted by Gasteiger charge is 2.36. The minimum absolute atomic E-state index is 0.0476. The number of likely N-dealkylation sites (tertiary alicyclic amines) is 1. The number of amides is 1. The van der Waals surface area contributed by atoms with Crippen LogP contribution in [-0.4, -0.2) is 47.7 Å². The lowest BCUT2D eigenvalue weighted by Crippen LogP contribution is -2.38. The van der Waals surface area contributed by atoms with Crippen LogP contribution in [0.1, 0.15) is 31.7 Å². The van der Waals surface area contributed by atoms with Crippen molar-refractivity contribution in [3.05, 3.63) is 35.6 Å². The van der Waals surface area contributed by atoms with Crippen molar-refractivity contribution in [2.75, 3.05) is 13.7 Å². The summed E-state index contributed by atoms with van der Waals surface area (Å²) < 4.78 is 18.5. The van der Waals surface area contributed by atoms with Crippen molar-refractivity contribution in [3.63, 3.8) is 0 Å². The first-order valence-corrected chi connectivity index (χ1v) is 8.17. The quantitative estimate of drug-likeness (QED) is 0.830. The van der Waals surface area contributed by atoms with E-state index >= 15 is 0 Å². The molecule has 0 aromatic heterocycles. The molecular formula is C18H24FNO4. The molecule has 1 aromatic rings. The predicted molar refractivity (Wildman–Crippen MR) is 87.1 cm³/mol. The zero-order chi connectivity index (χ0) is 17.7. The van der Waals surface area contributed by atoms with Gasteiger partial charge in [-0.1, -0.05) is 19.1 Å². The summed E-state index contributed by atoms with van der Waals surface area (Å²) in [6.45, 7) is 2.37. The molecule has 2 rings (SSSR count). The zero-order valence-corrected chi connectivity index (χ0v) is 14.1. The van der Waals surface area contributed by atoms with Gasteiger partial charge in [0.25, 0.3) is 0 Å². The van der Waals surface area contributed by atoms with Gasteiger partial charge in [-0.25, -0.2) is 4.39 Å².